The summed E-state index contributed by atoms with van der Waals surface area (Å²) in [5.41, 5.74) is -0.525. The van der Waals surface area contributed by atoms with Gasteiger partial charge in [-0.1, -0.05) is 52.4 Å². The van der Waals surface area contributed by atoms with Gasteiger partial charge in [0.25, 0.3) is 0 Å². The van der Waals surface area contributed by atoms with Gasteiger partial charge in [0.1, 0.15) is 0 Å². The summed E-state index contributed by atoms with van der Waals surface area (Å²) in [6.45, 7) is 4.31. The summed E-state index contributed by atoms with van der Waals surface area (Å²) in [4.78, 5) is 0. The molecule has 0 saturated heterocycles. The summed E-state index contributed by atoms with van der Waals surface area (Å²) in [5, 5.41) is 10.6. The third-order valence-electron chi connectivity index (χ3n) is 9.13. The lowest BCUT2D eigenvalue weighted by Crippen LogP contribution is -2.53. The van der Waals surface area contributed by atoms with E-state index >= 15 is 0 Å². The van der Waals surface area contributed by atoms with Gasteiger partial charge in [0.05, 0.1) is 11.9 Å². The van der Waals surface area contributed by atoms with E-state index in [1.54, 1.807) is 0 Å². The Labute approximate surface area is 166 Å². The number of hydrogen-bond donors (Lipinski definition) is 1. The largest absolute Gasteiger partial charge is 0.393 e. The van der Waals surface area contributed by atoms with Crippen LogP contribution in [-0.2, 0) is 10.0 Å². The molecule has 0 aromatic rings. The Kier molecular flexibility index (Phi) is 5.44. The Balaban J connectivity index is 1.62. The van der Waals surface area contributed by atoms with Crippen molar-refractivity contribution in [3.63, 3.8) is 0 Å². The van der Waals surface area contributed by atoms with Gasteiger partial charge >= 0.3 is 0 Å². The highest BCUT2D eigenvalue weighted by molar-refractivity contribution is 7.89. The first-order valence-corrected chi connectivity index (χ1v) is 13.1. The van der Waals surface area contributed by atoms with Crippen LogP contribution < -0.4 is 0 Å². The van der Waals surface area contributed by atoms with Crippen LogP contribution in [0.15, 0.2) is 0 Å². The van der Waals surface area contributed by atoms with E-state index in [2.05, 4.69) is 13.8 Å². The quantitative estimate of drug-likeness (QED) is 0.744. The lowest BCUT2D eigenvalue weighted by molar-refractivity contribution is 0.0131. The van der Waals surface area contributed by atoms with Gasteiger partial charge in [-0.05, 0) is 56.3 Å². The molecular weight excluding hydrogens is 358 g/mol. The molecule has 4 saturated carbocycles. The van der Waals surface area contributed by atoms with Gasteiger partial charge in [-0.15, -0.1) is 0 Å². The zero-order valence-corrected chi connectivity index (χ0v) is 18.1. The summed E-state index contributed by atoms with van der Waals surface area (Å²) in [7, 11) is -3.33. The number of rotatable bonds is 5. The molecule has 0 aromatic carbocycles. The fourth-order valence-electron chi connectivity index (χ4n) is 7.16. The molecule has 0 heterocycles. The molecule has 5 heteroatoms. The molecule has 4 fully saturated rings. The lowest BCUT2D eigenvalue weighted by atomic mass is 9.70. The first-order valence-electron chi connectivity index (χ1n) is 11.5. The van der Waals surface area contributed by atoms with Crippen LogP contribution in [0.4, 0.5) is 0 Å². The second-order valence-electron chi connectivity index (χ2n) is 10.5. The molecule has 4 nitrogen and oxygen atoms in total. The molecule has 0 aliphatic heterocycles. The van der Waals surface area contributed by atoms with Crippen LogP contribution in [-0.4, -0.2) is 41.8 Å². The first-order chi connectivity index (χ1) is 12.8. The molecule has 1 unspecified atom stereocenters. The van der Waals surface area contributed by atoms with Crippen LogP contribution in [0.2, 0.25) is 0 Å². The molecule has 4 aliphatic carbocycles. The highest BCUT2D eigenvalue weighted by Gasteiger charge is 2.65. The molecule has 0 radical (unpaired) electrons. The van der Waals surface area contributed by atoms with Crippen molar-refractivity contribution < 1.29 is 13.5 Å². The number of fused-ring (bicyclic) bond motifs is 2. The van der Waals surface area contributed by atoms with Crippen molar-refractivity contribution in [3.05, 3.63) is 0 Å². The normalized spacial score (nSPS) is 41.5. The van der Waals surface area contributed by atoms with E-state index < -0.39 is 10.0 Å². The predicted octanol–water partition coefficient (Wildman–Crippen LogP) is 4.47. The lowest BCUT2D eigenvalue weighted by Gasteiger charge is -2.45. The Morgan fingerprint density at radius 1 is 0.889 bits per heavy atom. The molecule has 4 atom stereocenters. The highest BCUT2D eigenvalue weighted by atomic mass is 32.2. The Hall–Kier alpha value is -0.130. The van der Waals surface area contributed by atoms with Crippen molar-refractivity contribution in [1.29, 1.82) is 0 Å². The van der Waals surface area contributed by atoms with E-state index in [1.807, 2.05) is 4.31 Å². The Morgan fingerprint density at radius 3 is 1.81 bits per heavy atom. The second kappa shape index (κ2) is 7.28. The Morgan fingerprint density at radius 2 is 1.41 bits per heavy atom. The van der Waals surface area contributed by atoms with Gasteiger partial charge in [-0.2, -0.15) is 4.31 Å². The van der Waals surface area contributed by atoms with Gasteiger partial charge in [-0.25, -0.2) is 8.42 Å². The van der Waals surface area contributed by atoms with Gasteiger partial charge in [0.2, 0.25) is 10.0 Å². The molecule has 0 spiro atoms. The molecule has 4 rings (SSSR count). The van der Waals surface area contributed by atoms with Crippen molar-refractivity contribution in [2.75, 3.05) is 5.75 Å². The molecule has 0 aromatic heterocycles. The fourth-order valence-corrected chi connectivity index (χ4v) is 9.96. The summed E-state index contributed by atoms with van der Waals surface area (Å²) in [5.74, 6) is 0.595. The van der Waals surface area contributed by atoms with Gasteiger partial charge in [-0.3, -0.25) is 0 Å². The van der Waals surface area contributed by atoms with Crippen LogP contribution in [0.1, 0.15) is 97.3 Å². The third kappa shape index (κ3) is 3.30. The Bertz CT molecular complexity index is 620. The molecular formula is C22H39NO3S. The molecule has 27 heavy (non-hydrogen) atoms. The van der Waals surface area contributed by atoms with E-state index in [-0.39, 0.29) is 34.8 Å². The smallest absolute Gasteiger partial charge is 0.215 e. The molecule has 1 N–H and O–H groups in total. The first kappa shape index (κ1) is 20.2. The summed E-state index contributed by atoms with van der Waals surface area (Å²) in [6, 6.07) is 0.430. The predicted molar refractivity (Wildman–Crippen MR) is 109 cm³/mol. The average Bonchev–Trinajstić information content (AvgIpc) is 2.97. The van der Waals surface area contributed by atoms with Gasteiger partial charge < -0.3 is 5.11 Å². The summed E-state index contributed by atoms with van der Waals surface area (Å²) in [6.07, 6.45) is 13.8. The average molecular weight is 398 g/mol. The van der Waals surface area contributed by atoms with E-state index in [0.717, 1.165) is 44.9 Å². The molecule has 2 bridgehead atoms. The van der Waals surface area contributed by atoms with Gasteiger partial charge in [0.15, 0.2) is 0 Å². The molecule has 0 amide bonds. The minimum Gasteiger partial charge on any atom is -0.393 e. The van der Waals surface area contributed by atoms with E-state index in [0.29, 0.717) is 5.92 Å². The number of aliphatic hydroxyl groups is 1. The molecule has 4 aliphatic rings. The molecule has 156 valence electrons. The number of sulfonamides is 1. The minimum absolute atomic E-state index is 0.215. The SMILES string of the molecule is CC1(CS(=O)(=O)N(C2CCCCC2)C2CCCCC2)[C@@H]2CC[C@@]1(C)[C@H](O)C2. The highest BCUT2D eigenvalue weighted by Crippen LogP contribution is 2.66. The van der Waals surface area contributed by atoms with Crippen molar-refractivity contribution >= 4 is 10.0 Å². The maximum absolute atomic E-state index is 13.9. The van der Waals surface area contributed by atoms with E-state index in [1.165, 1.54) is 38.5 Å². The monoisotopic (exact) mass is 397 g/mol. The summed E-state index contributed by atoms with van der Waals surface area (Å²) < 4.78 is 29.8. The number of hydrogen-bond acceptors (Lipinski definition) is 3. The van der Waals surface area contributed by atoms with Crippen molar-refractivity contribution in [3.8, 4) is 0 Å². The van der Waals surface area contributed by atoms with Crippen LogP contribution in [0.3, 0.4) is 0 Å². The van der Waals surface area contributed by atoms with E-state index in [9.17, 15) is 13.5 Å². The van der Waals surface area contributed by atoms with Crippen LogP contribution in [0.25, 0.3) is 0 Å². The van der Waals surface area contributed by atoms with Crippen molar-refractivity contribution in [2.24, 2.45) is 16.7 Å². The third-order valence-corrected chi connectivity index (χ3v) is 11.3. The van der Waals surface area contributed by atoms with Crippen molar-refractivity contribution in [2.45, 2.75) is 116 Å². The van der Waals surface area contributed by atoms with Crippen LogP contribution in [0, 0.1) is 16.7 Å². The van der Waals surface area contributed by atoms with Crippen molar-refractivity contribution in [1.82, 2.24) is 4.31 Å². The van der Waals surface area contributed by atoms with Crippen LogP contribution in [0.5, 0.6) is 0 Å². The minimum atomic E-state index is -3.33. The number of aliphatic hydroxyl groups excluding tert-OH is 1. The zero-order valence-electron chi connectivity index (χ0n) is 17.3. The topological polar surface area (TPSA) is 57.6 Å². The standard InChI is InChI=1S/C22H39NO3S/c1-21-14-13-17(15-20(21)24)22(21,2)16-27(25,26)23(18-9-5-3-6-10-18)19-11-7-4-8-12-19/h17-20,24H,3-16H2,1-2H3/t17-,20-,21+,22?/m1/s1. The summed E-state index contributed by atoms with van der Waals surface area (Å²) >= 11 is 0. The van der Waals surface area contributed by atoms with E-state index in [4.69, 9.17) is 0 Å². The van der Waals surface area contributed by atoms with Crippen LogP contribution >= 0.6 is 0 Å². The second-order valence-corrected chi connectivity index (χ2v) is 12.4. The van der Waals surface area contributed by atoms with Gasteiger partial charge in [0, 0.05) is 17.5 Å². The maximum Gasteiger partial charge on any atom is 0.215 e. The zero-order chi connectivity index (χ0) is 19.3. The fraction of sp³-hybridized carbons (Fsp3) is 1.00. The number of nitrogens with zero attached hydrogens (tertiary/aromatic N) is 1. The maximum atomic E-state index is 13.9.